The maximum absolute atomic E-state index is 12.3. The van der Waals surface area contributed by atoms with Gasteiger partial charge < -0.3 is 9.15 Å². The number of furan rings is 1. The number of nitriles is 1. The van der Waals surface area contributed by atoms with E-state index in [0.717, 1.165) is 5.56 Å². The Hall–Kier alpha value is -2.63. The molecule has 8 nitrogen and oxygen atoms in total. The van der Waals surface area contributed by atoms with Crippen molar-refractivity contribution in [3.8, 4) is 6.07 Å². The lowest BCUT2D eigenvalue weighted by Crippen LogP contribution is -2.47. The molecule has 1 fully saturated rings. The number of aryl methyl sites for hydroxylation is 1. The molecule has 25 heavy (non-hydrogen) atoms. The van der Waals surface area contributed by atoms with Gasteiger partial charge in [0.1, 0.15) is 17.4 Å². The van der Waals surface area contributed by atoms with Gasteiger partial charge >= 0.3 is 0 Å². The summed E-state index contributed by atoms with van der Waals surface area (Å²) in [6.07, 6.45) is 3.61. The molecule has 1 saturated heterocycles. The van der Waals surface area contributed by atoms with Gasteiger partial charge in [0.15, 0.2) is 0 Å². The third-order valence-corrected chi connectivity index (χ3v) is 4.29. The zero-order valence-corrected chi connectivity index (χ0v) is 14.4. The SMILES string of the molecule is Cc1oc(NC(=O)CN2CCO[C@@H](Cn3cccn3)C2)c(C#N)c1C. The molecule has 1 aliphatic rings. The third-order valence-electron chi connectivity index (χ3n) is 4.29. The number of aromatic nitrogens is 2. The summed E-state index contributed by atoms with van der Waals surface area (Å²) in [7, 11) is 0. The predicted molar refractivity (Wildman–Crippen MR) is 89.9 cm³/mol. The first kappa shape index (κ1) is 17.2. The lowest BCUT2D eigenvalue weighted by atomic mass is 10.2. The summed E-state index contributed by atoms with van der Waals surface area (Å²) < 4.78 is 13.0. The van der Waals surface area contributed by atoms with Gasteiger partial charge in [0.05, 0.1) is 25.8 Å². The van der Waals surface area contributed by atoms with Crippen LogP contribution < -0.4 is 5.32 Å². The van der Waals surface area contributed by atoms with Gasteiger partial charge in [-0.1, -0.05) is 0 Å². The van der Waals surface area contributed by atoms with E-state index in [1.54, 1.807) is 20.0 Å². The van der Waals surface area contributed by atoms with Crippen molar-refractivity contribution < 1.29 is 13.9 Å². The van der Waals surface area contributed by atoms with Gasteiger partial charge in [-0.15, -0.1) is 0 Å². The number of rotatable bonds is 5. The number of carbonyl (C=O) groups is 1. The van der Waals surface area contributed by atoms with Crippen LogP contribution in [0.15, 0.2) is 22.9 Å². The van der Waals surface area contributed by atoms with E-state index < -0.39 is 0 Å². The first-order valence-corrected chi connectivity index (χ1v) is 8.18. The second-order valence-corrected chi connectivity index (χ2v) is 6.10. The Kier molecular flexibility index (Phi) is 5.16. The Morgan fingerprint density at radius 3 is 3.08 bits per heavy atom. The molecule has 0 bridgehead atoms. The molecule has 132 valence electrons. The van der Waals surface area contributed by atoms with Crippen molar-refractivity contribution in [2.45, 2.75) is 26.5 Å². The topological polar surface area (TPSA) is 96.3 Å². The molecule has 0 aliphatic carbocycles. The molecule has 0 aromatic carbocycles. The number of amides is 1. The minimum absolute atomic E-state index is 0.00998. The van der Waals surface area contributed by atoms with E-state index in [0.29, 0.717) is 37.6 Å². The van der Waals surface area contributed by atoms with Crippen LogP contribution >= 0.6 is 0 Å². The maximum atomic E-state index is 12.3. The fourth-order valence-electron chi connectivity index (χ4n) is 2.87. The summed E-state index contributed by atoms with van der Waals surface area (Å²) >= 11 is 0. The van der Waals surface area contributed by atoms with Gasteiger partial charge in [-0.05, 0) is 19.9 Å². The van der Waals surface area contributed by atoms with Gasteiger partial charge in [0.25, 0.3) is 0 Å². The monoisotopic (exact) mass is 343 g/mol. The number of anilines is 1. The van der Waals surface area contributed by atoms with Crippen LogP contribution in [0.1, 0.15) is 16.9 Å². The normalized spacial score (nSPS) is 18.0. The minimum atomic E-state index is -0.204. The van der Waals surface area contributed by atoms with Crippen LogP contribution in [-0.2, 0) is 16.1 Å². The van der Waals surface area contributed by atoms with E-state index in [4.69, 9.17) is 9.15 Å². The molecular formula is C17H21N5O3. The molecule has 0 saturated carbocycles. The van der Waals surface area contributed by atoms with Crippen LogP contribution in [0.25, 0.3) is 0 Å². The van der Waals surface area contributed by atoms with E-state index in [1.165, 1.54) is 0 Å². The molecule has 2 aromatic rings. The van der Waals surface area contributed by atoms with Crippen molar-refractivity contribution in [1.82, 2.24) is 14.7 Å². The molecule has 0 radical (unpaired) electrons. The molecule has 2 aromatic heterocycles. The lowest BCUT2D eigenvalue weighted by molar-refractivity contribution is -0.119. The first-order valence-electron chi connectivity index (χ1n) is 8.18. The van der Waals surface area contributed by atoms with Gasteiger partial charge in [0, 0.05) is 31.0 Å². The van der Waals surface area contributed by atoms with E-state index in [9.17, 15) is 10.1 Å². The zero-order chi connectivity index (χ0) is 17.8. The summed E-state index contributed by atoms with van der Waals surface area (Å²) in [6.45, 7) is 6.35. The van der Waals surface area contributed by atoms with Crippen molar-refractivity contribution in [3.05, 3.63) is 35.3 Å². The van der Waals surface area contributed by atoms with Crippen molar-refractivity contribution in [1.29, 1.82) is 5.26 Å². The molecular weight excluding hydrogens is 322 g/mol. The van der Waals surface area contributed by atoms with Gasteiger partial charge in [-0.2, -0.15) is 10.4 Å². The van der Waals surface area contributed by atoms with Gasteiger partial charge in [0.2, 0.25) is 11.8 Å². The van der Waals surface area contributed by atoms with Crippen molar-refractivity contribution in [3.63, 3.8) is 0 Å². The number of morpholine rings is 1. The third kappa shape index (κ3) is 4.07. The molecule has 1 amide bonds. The van der Waals surface area contributed by atoms with E-state index in [1.807, 2.05) is 21.8 Å². The van der Waals surface area contributed by atoms with Crippen molar-refractivity contribution in [2.24, 2.45) is 0 Å². The summed E-state index contributed by atoms with van der Waals surface area (Å²) in [5, 5.41) is 16.1. The van der Waals surface area contributed by atoms with Crippen LogP contribution in [0, 0.1) is 25.2 Å². The van der Waals surface area contributed by atoms with Crippen molar-refractivity contribution >= 4 is 11.8 Å². The molecule has 0 unspecified atom stereocenters. The van der Waals surface area contributed by atoms with Crippen LogP contribution in [0.3, 0.4) is 0 Å². The largest absolute Gasteiger partial charge is 0.444 e. The van der Waals surface area contributed by atoms with Crippen LogP contribution in [0.2, 0.25) is 0 Å². The Morgan fingerprint density at radius 2 is 2.36 bits per heavy atom. The molecule has 3 heterocycles. The number of nitrogens with zero attached hydrogens (tertiary/aromatic N) is 4. The molecule has 0 spiro atoms. The highest BCUT2D eigenvalue weighted by Gasteiger charge is 2.24. The lowest BCUT2D eigenvalue weighted by Gasteiger charge is -2.32. The smallest absolute Gasteiger partial charge is 0.240 e. The standard InChI is InChI=1S/C17H21N5O3/c1-12-13(2)25-17(15(12)8-18)20-16(23)11-21-6-7-24-14(9-21)10-22-5-3-4-19-22/h3-5,14H,6-7,9-11H2,1-2H3,(H,20,23)/t14-/m1/s1. The van der Waals surface area contributed by atoms with E-state index in [2.05, 4.69) is 16.5 Å². The fraction of sp³-hybridized carbons (Fsp3) is 0.471. The summed E-state index contributed by atoms with van der Waals surface area (Å²) in [5.74, 6) is 0.659. The molecule has 1 atom stereocenters. The van der Waals surface area contributed by atoms with Gasteiger partial charge in [-0.25, -0.2) is 0 Å². The van der Waals surface area contributed by atoms with Crippen LogP contribution in [0.5, 0.6) is 0 Å². The molecule has 1 N–H and O–H groups in total. The number of hydrogen-bond donors (Lipinski definition) is 1. The van der Waals surface area contributed by atoms with Crippen LogP contribution in [0.4, 0.5) is 5.88 Å². The Balaban J connectivity index is 1.56. The molecule has 1 aliphatic heterocycles. The Labute approximate surface area is 146 Å². The highest BCUT2D eigenvalue weighted by Crippen LogP contribution is 2.25. The van der Waals surface area contributed by atoms with Gasteiger partial charge in [-0.3, -0.25) is 19.7 Å². The zero-order valence-electron chi connectivity index (χ0n) is 14.4. The van der Waals surface area contributed by atoms with Crippen LogP contribution in [-0.4, -0.2) is 52.9 Å². The second-order valence-electron chi connectivity index (χ2n) is 6.10. The minimum Gasteiger partial charge on any atom is -0.444 e. The average molecular weight is 343 g/mol. The number of ether oxygens (including phenoxy) is 1. The average Bonchev–Trinajstić information content (AvgIpc) is 3.16. The first-order chi connectivity index (χ1) is 12.1. The number of carbonyl (C=O) groups excluding carboxylic acids is 1. The maximum Gasteiger partial charge on any atom is 0.240 e. The second kappa shape index (κ2) is 7.51. The Bertz CT molecular complexity index is 775. The highest BCUT2D eigenvalue weighted by molar-refractivity contribution is 5.92. The van der Waals surface area contributed by atoms with Crippen molar-refractivity contribution in [2.75, 3.05) is 31.6 Å². The predicted octanol–water partition coefficient (Wildman–Crippen LogP) is 1.30. The molecule has 8 heteroatoms. The summed E-state index contributed by atoms with van der Waals surface area (Å²) in [4.78, 5) is 14.3. The van der Waals surface area contributed by atoms with E-state index in [-0.39, 0.29) is 24.4 Å². The Morgan fingerprint density at radius 1 is 1.52 bits per heavy atom. The fourth-order valence-corrected chi connectivity index (χ4v) is 2.87. The molecule has 3 rings (SSSR count). The summed E-state index contributed by atoms with van der Waals surface area (Å²) in [5.41, 5.74) is 1.13. The quantitative estimate of drug-likeness (QED) is 0.879. The number of hydrogen-bond acceptors (Lipinski definition) is 6. The number of nitrogens with one attached hydrogen (secondary N) is 1. The highest BCUT2D eigenvalue weighted by atomic mass is 16.5. The summed E-state index contributed by atoms with van der Waals surface area (Å²) in [6, 6.07) is 3.94. The van der Waals surface area contributed by atoms with E-state index >= 15 is 0 Å².